The first-order valence-electron chi connectivity index (χ1n) is 14.6. The number of rotatable bonds is 11. The maximum absolute atomic E-state index is 14.4. The number of nitrogens with one attached hydrogen (secondary N) is 1. The van der Waals surface area contributed by atoms with Gasteiger partial charge >= 0.3 is 0 Å². The van der Waals surface area contributed by atoms with E-state index in [1.54, 1.807) is 18.2 Å². The number of carbonyl (C=O) groups is 2. The van der Waals surface area contributed by atoms with Crippen molar-refractivity contribution in [3.8, 4) is 0 Å². The highest BCUT2D eigenvalue weighted by Gasteiger charge is 2.35. The number of nitrogens with zero attached hydrogens (tertiary/aromatic N) is 2. The molecule has 1 aliphatic rings. The van der Waals surface area contributed by atoms with Gasteiger partial charge in [-0.1, -0.05) is 97.1 Å². The molecule has 4 rings (SSSR count). The molecule has 2 amide bonds. The van der Waals surface area contributed by atoms with Gasteiger partial charge in [0, 0.05) is 34.6 Å². The van der Waals surface area contributed by atoms with Crippen LogP contribution in [0.2, 0.25) is 10.0 Å². The Morgan fingerprint density at radius 2 is 1.47 bits per heavy atom. The number of hydrogen-bond acceptors (Lipinski definition) is 4. The molecule has 1 atom stereocenters. The van der Waals surface area contributed by atoms with Crippen LogP contribution >= 0.6 is 23.2 Å². The molecule has 230 valence electrons. The number of sulfonamides is 1. The molecule has 7 nitrogen and oxygen atoms in total. The summed E-state index contributed by atoms with van der Waals surface area (Å²) in [6.45, 7) is 3.05. The zero-order chi connectivity index (χ0) is 31.1. The maximum Gasteiger partial charge on any atom is 0.244 e. The van der Waals surface area contributed by atoms with Crippen molar-refractivity contribution < 1.29 is 18.0 Å². The summed E-state index contributed by atoms with van der Waals surface area (Å²) < 4.78 is 27.4. The molecule has 0 radical (unpaired) electrons. The highest BCUT2D eigenvalue weighted by Crippen LogP contribution is 2.30. The SMILES string of the molecule is Cc1cccc(C)c1N(CC(=O)N(Cc1c(Cl)cccc1Cl)[C@@H](Cc1ccccc1)C(=O)NC1CCCCC1)S(C)(=O)=O. The van der Waals surface area contributed by atoms with Crippen LogP contribution in [0.5, 0.6) is 0 Å². The summed E-state index contributed by atoms with van der Waals surface area (Å²) in [5, 5.41) is 3.90. The number of amides is 2. The number of benzene rings is 3. The Labute approximate surface area is 265 Å². The predicted octanol–water partition coefficient (Wildman–Crippen LogP) is 6.47. The van der Waals surface area contributed by atoms with Gasteiger partial charge in [-0.05, 0) is 55.5 Å². The highest BCUT2D eigenvalue weighted by molar-refractivity contribution is 7.92. The first kappa shape index (κ1) is 32.8. The van der Waals surface area contributed by atoms with E-state index in [0.717, 1.165) is 59.4 Å². The van der Waals surface area contributed by atoms with E-state index in [1.165, 1.54) is 4.90 Å². The average Bonchev–Trinajstić information content (AvgIpc) is 2.96. The first-order chi connectivity index (χ1) is 20.5. The van der Waals surface area contributed by atoms with Gasteiger partial charge in [-0.15, -0.1) is 0 Å². The molecule has 0 bridgehead atoms. The molecule has 3 aromatic rings. The van der Waals surface area contributed by atoms with Crippen molar-refractivity contribution in [1.82, 2.24) is 10.2 Å². The van der Waals surface area contributed by atoms with Crippen LogP contribution in [0.3, 0.4) is 0 Å². The molecule has 0 aliphatic heterocycles. The van der Waals surface area contributed by atoms with E-state index >= 15 is 0 Å². The molecular weight excluding hydrogens is 605 g/mol. The maximum atomic E-state index is 14.4. The van der Waals surface area contributed by atoms with Crippen molar-refractivity contribution in [2.75, 3.05) is 17.1 Å². The summed E-state index contributed by atoms with van der Waals surface area (Å²) in [6.07, 6.45) is 6.27. The summed E-state index contributed by atoms with van der Waals surface area (Å²) in [7, 11) is -3.88. The average molecular weight is 645 g/mol. The lowest BCUT2D eigenvalue weighted by atomic mass is 9.94. The molecule has 3 aromatic carbocycles. The molecule has 43 heavy (non-hydrogen) atoms. The van der Waals surface area contributed by atoms with Crippen LogP contribution in [0, 0.1) is 13.8 Å². The first-order valence-corrected chi connectivity index (χ1v) is 17.2. The Morgan fingerprint density at radius 1 is 0.884 bits per heavy atom. The Bertz CT molecular complexity index is 1500. The topological polar surface area (TPSA) is 86.8 Å². The minimum Gasteiger partial charge on any atom is -0.352 e. The van der Waals surface area contributed by atoms with Crippen LogP contribution < -0.4 is 9.62 Å². The molecule has 0 aromatic heterocycles. The van der Waals surface area contributed by atoms with Crippen LogP contribution in [0.25, 0.3) is 0 Å². The smallest absolute Gasteiger partial charge is 0.244 e. The van der Waals surface area contributed by atoms with E-state index in [-0.39, 0.29) is 24.9 Å². The standard InChI is InChI=1S/C33H39Cl2N3O4S/c1-23-12-10-13-24(2)32(23)38(43(3,41)42)22-31(39)37(21-27-28(34)18-11-19-29(27)35)30(20-25-14-6-4-7-15-25)33(40)36-26-16-8-5-9-17-26/h4,6-7,10-15,18-19,26,30H,5,8-9,16-17,20-22H2,1-3H3,(H,36,40)/t30-/m0/s1. The summed E-state index contributed by atoms with van der Waals surface area (Å²) in [6, 6.07) is 19.1. The van der Waals surface area contributed by atoms with Gasteiger partial charge in [0.15, 0.2) is 0 Å². The molecule has 0 spiro atoms. The molecule has 0 saturated heterocycles. The molecule has 0 unspecified atom stereocenters. The number of aryl methyl sites for hydroxylation is 2. The van der Waals surface area contributed by atoms with Crippen molar-refractivity contribution in [3.63, 3.8) is 0 Å². The molecule has 1 saturated carbocycles. The van der Waals surface area contributed by atoms with Gasteiger partial charge in [0.2, 0.25) is 21.8 Å². The lowest BCUT2D eigenvalue weighted by Crippen LogP contribution is -2.55. The molecule has 1 aliphatic carbocycles. The van der Waals surface area contributed by atoms with Crippen LogP contribution in [-0.2, 0) is 32.6 Å². The number of hydrogen-bond donors (Lipinski definition) is 1. The Kier molecular flexibility index (Phi) is 11.2. The summed E-state index contributed by atoms with van der Waals surface area (Å²) in [4.78, 5) is 29.9. The van der Waals surface area contributed by atoms with Gasteiger partial charge in [0.05, 0.1) is 11.9 Å². The molecule has 0 heterocycles. The van der Waals surface area contributed by atoms with E-state index in [0.29, 0.717) is 21.3 Å². The summed E-state index contributed by atoms with van der Waals surface area (Å²) in [5.74, 6) is -0.825. The van der Waals surface area contributed by atoms with Crippen LogP contribution in [0.15, 0.2) is 66.7 Å². The lowest BCUT2D eigenvalue weighted by Gasteiger charge is -2.35. The number of carbonyl (C=O) groups excluding carboxylic acids is 2. The zero-order valence-corrected chi connectivity index (χ0v) is 27.2. The van der Waals surface area contributed by atoms with Crippen LogP contribution in [0.4, 0.5) is 5.69 Å². The third-order valence-electron chi connectivity index (χ3n) is 7.98. The Hall–Kier alpha value is -3.07. The third kappa shape index (κ3) is 8.52. The van der Waals surface area contributed by atoms with Crippen molar-refractivity contribution in [1.29, 1.82) is 0 Å². The van der Waals surface area contributed by atoms with Gasteiger partial charge in [0.1, 0.15) is 12.6 Å². The second-order valence-corrected chi connectivity index (χ2v) is 14.0. The van der Waals surface area contributed by atoms with Gasteiger partial charge in [-0.2, -0.15) is 0 Å². The van der Waals surface area contributed by atoms with Crippen molar-refractivity contribution in [3.05, 3.63) is 99.0 Å². The largest absolute Gasteiger partial charge is 0.352 e. The summed E-state index contributed by atoms with van der Waals surface area (Å²) in [5.41, 5.74) is 3.23. The Morgan fingerprint density at radius 3 is 2.05 bits per heavy atom. The normalized spacial score (nSPS) is 14.6. The van der Waals surface area contributed by atoms with E-state index in [4.69, 9.17) is 23.2 Å². The monoisotopic (exact) mass is 643 g/mol. The predicted molar refractivity (Wildman–Crippen MR) is 174 cm³/mol. The fourth-order valence-corrected chi connectivity index (χ4v) is 7.21. The third-order valence-corrected chi connectivity index (χ3v) is 9.80. The molecular formula is C33H39Cl2N3O4S. The highest BCUT2D eigenvalue weighted by atomic mass is 35.5. The fourth-order valence-electron chi connectivity index (χ4n) is 5.73. The fraction of sp³-hybridized carbons (Fsp3) is 0.394. The van der Waals surface area contributed by atoms with E-state index in [9.17, 15) is 18.0 Å². The van der Waals surface area contributed by atoms with Gasteiger partial charge < -0.3 is 10.2 Å². The number of anilines is 1. The minimum atomic E-state index is -3.88. The van der Waals surface area contributed by atoms with Crippen molar-refractivity contribution >= 4 is 50.7 Å². The van der Waals surface area contributed by atoms with E-state index < -0.39 is 28.5 Å². The van der Waals surface area contributed by atoms with Crippen molar-refractivity contribution in [2.45, 2.75) is 71.0 Å². The zero-order valence-electron chi connectivity index (χ0n) is 24.9. The number of halogens is 2. The lowest BCUT2D eigenvalue weighted by molar-refractivity contribution is -0.140. The molecule has 1 N–H and O–H groups in total. The van der Waals surface area contributed by atoms with Crippen LogP contribution in [0.1, 0.15) is 54.4 Å². The second-order valence-electron chi connectivity index (χ2n) is 11.3. The second kappa shape index (κ2) is 14.6. The van der Waals surface area contributed by atoms with Gasteiger partial charge in [0.25, 0.3) is 0 Å². The summed E-state index contributed by atoms with van der Waals surface area (Å²) >= 11 is 13.1. The minimum absolute atomic E-state index is 0.0162. The van der Waals surface area contributed by atoms with E-state index in [1.807, 2.05) is 62.4 Å². The Balaban J connectivity index is 1.79. The van der Waals surface area contributed by atoms with E-state index in [2.05, 4.69) is 5.32 Å². The quantitative estimate of drug-likeness (QED) is 0.260. The van der Waals surface area contributed by atoms with Gasteiger partial charge in [-0.25, -0.2) is 8.42 Å². The number of para-hydroxylation sites is 1. The molecule has 1 fully saturated rings. The van der Waals surface area contributed by atoms with Gasteiger partial charge in [-0.3, -0.25) is 13.9 Å². The molecule has 10 heteroatoms. The van der Waals surface area contributed by atoms with Crippen LogP contribution in [-0.4, -0.2) is 50.0 Å². The van der Waals surface area contributed by atoms with Crippen molar-refractivity contribution in [2.24, 2.45) is 0 Å².